The molecule has 0 unspecified atom stereocenters. The zero-order valence-electron chi connectivity index (χ0n) is 13.8. The lowest BCUT2D eigenvalue weighted by atomic mass is 10.2. The van der Waals surface area contributed by atoms with Gasteiger partial charge in [0.25, 0.3) is 11.8 Å². The Kier molecular flexibility index (Phi) is 7.11. The Labute approximate surface area is 155 Å². The van der Waals surface area contributed by atoms with E-state index in [0.717, 1.165) is 6.07 Å². The molecule has 0 radical (unpaired) electrons. The number of anilines is 1. The molecule has 1 aromatic heterocycles. The van der Waals surface area contributed by atoms with Gasteiger partial charge in [-0.1, -0.05) is 24.2 Å². The number of nitrogens with zero attached hydrogens (tertiary/aromatic N) is 1. The lowest BCUT2D eigenvalue weighted by Gasteiger charge is -2.09. The van der Waals surface area contributed by atoms with Gasteiger partial charge < -0.3 is 15.4 Å². The molecule has 6 nitrogen and oxygen atoms in total. The third kappa shape index (κ3) is 6.18. The van der Waals surface area contributed by atoms with Crippen LogP contribution in [0.2, 0.25) is 5.02 Å². The summed E-state index contributed by atoms with van der Waals surface area (Å²) in [5.74, 6) is -0.781. The van der Waals surface area contributed by atoms with E-state index < -0.39 is 11.7 Å². The Morgan fingerprint density at radius 3 is 2.77 bits per heavy atom. The lowest BCUT2D eigenvalue weighted by molar-refractivity contribution is -0.123. The summed E-state index contributed by atoms with van der Waals surface area (Å²) in [6.45, 7) is 3.61. The quantitative estimate of drug-likeness (QED) is 0.693. The highest BCUT2D eigenvalue weighted by Gasteiger charge is 2.09. The van der Waals surface area contributed by atoms with Crippen LogP contribution >= 0.6 is 11.6 Å². The minimum absolute atomic E-state index is 0.0238. The molecule has 0 spiro atoms. The molecule has 0 aliphatic carbocycles. The molecule has 0 fully saturated rings. The van der Waals surface area contributed by atoms with Crippen LogP contribution in [0.3, 0.4) is 0 Å². The van der Waals surface area contributed by atoms with E-state index in [4.69, 9.17) is 16.3 Å². The van der Waals surface area contributed by atoms with Crippen LogP contribution in [0, 0.1) is 5.82 Å². The summed E-state index contributed by atoms with van der Waals surface area (Å²) in [6, 6.07) is 9.04. The molecule has 0 saturated heterocycles. The molecule has 2 rings (SSSR count). The van der Waals surface area contributed by atoms with Gasteiger partial charge in [0.2, 0.25) is 0 Å². The highest BCUT2D eigenvalue weighted by Crippen LogP contribution is 2.20. The first-order valence-electron chi connectivity index (χ1n) is 7.70. The largest absolute Gasteiger partial charge is 0.484 e. The van der Waals surface area contributed by atoms with Crippen molar-refractivity contribution in [2.24, 2.45) is 0 Å². The molecule has 1 heterocycles. The summed E-state index contributed by atoms with van der Waals surface area (Å²) in [4.78, 5) is 27.6. The van der Waals surface area contributed by atoms with E-state index in [1.165, 1.54) is 12.1 Å². The molecule has 1 aromatic carbocycles. The number of rotatable bonds is 8. The predicted octanol–water partition coefficient (Wildman–Crippen LogP) is 2.95. The van der Waals surface area contributed by atoms with Crippen molar-refractivity contribution in [1.29, 1.82) is 0 Å². The summed E-state index contributed by atoms with van der Waals surface area (Å²) in [5.41, 5.74) is 0.302. The van der Waals surface area contributed by atoms with E-state index in [9.17, 15) is 14.0 Å². The molecule has 0 saturated carbocycles. The molecule has 0 bridgehead atoms. The number of carbonyl (C=O) groups is 2. The molecule has 8 heteroatoms. The van der Waals surface area contributed by atoms with E-state index in [0.29, 0.717) is 11.4 Å². The van der Waals surface area contributed by atoms with Crippen molar-refractivity contribution >= 4 is 29.2 Å². The molecule has 2 amide bonds. The second-order valence-electron chi connectivity index (χ2n) is 5.24. The Morgan fingerprint density at radius 2 is 2.08 bits per heavy atom. The van der Waals surface area contributed by atoms with Gasteiger partial charge in [-0.05, 0) is 30.7 Å². The number of carbonyl (C=O) groups excluding carboxylic acids is 2. The second kappa shape index (κ2) is 9.53. The fourth-order valence-electron chi connectivity index (χ4n) is 1.87. The van der Waals surface area contributed by atoms with Gasteiger partial charge in [-0.2, -0.15) is 0 Å². The van der Waals surface area contributed by atoms with Crippen LogP contribution in [0.5, 0.6) is 5.75 Å². The van der Waals surface area contributed by atoms with Gasteiger partial charge in [0.05, 0.1) is 5.02 Å². The molecule has 136 valence electrons. The summed E-state index contributed by atoms with van der Waals surface area (Å²) in [7, 11) is 0. The first-order chi connectivity index (χ1) is 12.5. The summed E-state index contributed by atoms with van der Waals surface area (Å²) < 4.78 is 18.4. The first-order valence-corrected chi connectivity index (χ1v) is 8.08. The maximum absolute atomic E-state index is 13.3. The van der Waals surface area contributed by atoms with E-state index in [1.54, 1.807) is 24.4 Å². The van der Waals surface area contributed by atoms with Crippen LogP contribution < -0.4 is 15.4 Å². The fraction of sp³-hybridized carbons (Fsp3) is 0.167. The Hall–Kier alpha value is -2.93. The molecule has 0 aliphatic rings. The minimum atomic E-state index is -0.625. The molecule has 2 aromatic rings. The minimum Gasteiger partial charge on any atom is -0.484 e. The maximum Gasteiger partial charge on any atom is 0.257 e. The van der Waals surface area contributed by atoms with Gasteiger partial charge >= 0.3 is 0 Å². The standard InChI is InChI=1S/C18H17ClFN3O3/c1-12(18(25)23-16-4-2-3-8-21-16)7-9-22-17(24)11-26-13-5-6-14(19)15(20)10-13/h2-6,8,10H,1,7,9,11H2,(H,22,24)(H,21,23,25). The highest BCUT2D eigenvalue weighted by atomic mass is 35.5. The number of amides is 2. The van der Waals surface area contributed by atoms with Gasteiger partial charge in [-0.3, -0.25) is 9.59 Å². The fourth-order valence-corrected chi connectivity index (χ4v) is 1.99. The summed E-state index contributed by atoms with van der Waals surface area (Å²) >= 11 is 5.56. The maximum atomic E-state index is 13.3. The van der Waals surface area contributed by atoms with Crippen LogP contribution in [-0.4, -0.2) is 29.9 Å². The Morgan fingerprint density at radius 1 is 1.27 bits per heavy atom. The number of hydrogen-bond acceptors (Lipinski definition) is 4. The number of aromatic nitrogens is 1. The van der Waals surface area contributed by atoms with Crippen molar-refractivity contribution < 1.29 is 18.7 Å². The molecular weight excluding hydrogens is 361 g/mol. The zero-order chi connectivity index (χ0) is 18.9. The van der Waals surface area contributed by atoms with E-state index in [2.05, 4.69) is 22.2 Å². The first kappa shape index (κ1) is 19.4. The molecule has 26 heavy (non-hydrogen) atoms. The van der Waals surface area contributed by atoms with Crippen LogP contribution in [-0.2, 0) is 9.59 Å². The number of halogens is 2. The lowest BCUT2D eigenvalue weighted by Crippen LogP contribution is -2.30. The average molecular weight is 378 g/mol. The smallest absolute Gasteiger partial charge is 0.257 e. The van der Waals surface area contributed by atoms with Crippen molar-refractivity contribution in [3.63, 3.8) is 0 Å². The molecule has 0 atom stereocenters. The van der Waals surface area contributed by atoms with Crippen molar-refractivity contribution in [2.45, 2.75) is 6.42 Å². The number of nitrogens with one attached hydrogen (secondary N) is 2. The van der Waals surface area contributed by atoms with Crippen molar-refractivity contribution in [3.8, 4) is 5.75 Å². The predicted molar refractivity (Wildman–Crippen MR) is 96.5 cm³/mol. The van der Waals surface area contributed by atoms with Gasteiger partial charge in [-0.15, -0.1) is 0 Å². The van der Waals surface area contributed by atoms with Crippen molar-refractivity contribution in [1.82, 2.24) is 10.3 Å². The van der Waals surface area contributed by atoms with Crippen molar-refractivity contribution in [3.05, 3.63) is 65.6 Å². The number of hydrogen-bond donors (Lipinski definition) is 2. The average Bonchev–Trinajstić information content (AvgIpc) is 2.63. The topological polar surface area (TPSA) is 80.3 Å². The van der Waals surface area contributed by atoms with Crippen LogP contribution in [0.15, 0.2) is 54.7 Å². The normalized spacial score (nSPS) is 10.1. The summed E-state index contributed by atoms with van der Waals surface area (Å²) in [5, 5.41) is 5.17. The van der Waals surface area contributed by atoms with Gasteiger partial charge in [-0.25, -0.2) is 9.37 Å². The van der Waals surface area contributed by atoms with Gasteiger partial charge in [0, 0.05) is 24.4 Å². The Balaban J connectivity index is 1.68. The third-order valence-corrected chi connectivity index (χ3v) is 3.54. The van der Waals surface area contributed by atoms with Gasteiger partial charge in [0.1, 0.15) is 17.4 Å². The number of benzene rings is 1. The third-order valence-electron chi connectivity index (χ3n) is 3.24. The van der Waals surface area contributed by atoms with Crippen LogP contribution in [0.4, 0.5) is 10.2 Å². The van der Waals surface area contributed by atoms with E-state index in [1.807, 2.05) is 0 Å². The Bertz CT molecular complexity index is 800. The molecule has 0 aliphatic heterocycles. The zero-order valence-corrected chi connectivity index (χ0v) is 14.6. The van der Waals surface area contributed by atoms with E-state index >= 15 is 0 Å². The van der Waals surface area contributed by atoms with Gasteiger partial charge in [0.15, 0.2) is 6.61 Å². The number of pyridine rings is 1. The van der Waals surface area contributed by atoms with Crippen LogP contribution in [0.1, 0.15) is 6.42 Å². The monoisotopic (exact) mass is 377 g/mol. The van der Waals surface area contributed by atoms with Crippen molar-refractivity contribution in [2.75, 3.05) is 18.5 Å². The van der Waals surface area contributed by atoms with Crippen LogP contribution in [0.25, 0.3) is 0 Å². The SMILES string of the molecule is C=C(CCNC(=O)COc1ccc(Cl)c(F)c1)C(=O)Nc1ccccn1. The second-order valence-corrected chi connectivity index (χ2v) is 5.64. The molecule has 2 N–H and O–H groups in total. The molecular formula is C18H17ClFN3O3. The highest BCUT2D eigenvalue weighted by molar-refractivity contribution is 6.30. The number of ether oxygens (including phenoxy) is 1. The summed E-state index contributed by atoms with van der Waals surface area (Å²) in [6.07, 6.45) is 1.82. The van der Waals surface area contributed by atoms with E-state index in [-0.39, 0.29) is 36.3 Å².